The molecule has 3 heteroatoms. The van der Waals surface area contributed by atoms with Crippen LogP contribution in [0.1, 0.15) is 35.6 Å². The largest absolute Gasteiger partial charge is 0.376 e. The Kier molecular flexibility index (Phi) is 4.61. The van der Waals surface area contributed by atoms with Crippen LogP contribution in [0.2, 0.25) is 0 Å². The first-order valence-corrected chi connectivity index (χ1v) is 7.17. The van der Waals surface area contributed by atoms with Crippen molar-refractivity contribution in [2.45, 2.75) is 52.7 Å². The summed E-state index contributed by atoms with van der Waals surface area (Å²) in [6.45, 7) is 9.61. The molecule has 19 heavy (non-hydrogen) atoms. The van der Waals surface area contributed by atoms with Crippen molar-refractivity contribution < 1.29 is 4.74 Å². The monoisotopic (exact) mass is 262 g/mol. The van der Waals surface area contributed by atoms with Crippen molar-refractivity contribution in [2.24, 2.45) is 11.8 Å². The highest BCUT2D eigenvalue weighted by atomic mass is 16.5. The zero-order valence-corrected chi connectivity index (χ0v) is 12.5. The average Bonchev–Trinajstić information content (AvgIpc) is 2.75. The van der Waals surface area contributed by atoms with Gasteiger partial charge in [-0.2, -0.15) is 0 Å². The number of hydrazine groups is 1. The van der Waals surface area contributed by atoms with Gasteiger partial charge in [-0.1, -0.05) is 24.6 Å². The summed E-state index contributed by atoms with van der Waals surface area (Å²) in [6.07, 6.45) is 2.29. The minimum Gasteiger partial charge on any atom is -0.376 e. The Labute approximate surface area is 116 Å². The summed E-state index contributed by atoms with van der Waals surface area (Å²) < 4.78 is 5.85. The zero-order chi connectivity index (χ0) is 14.0. The third kappa shape index (κ3) is 3.16. The third-order valence-corrected chi connectivity index (χ3v) is 4.32. The molecule has 0 spiro atoms. The molecule has 0 radical (unpaired) electrons. The molecule has 0 amide bonds. The Morgan fingerprint density at radius 3 is 2.42 bits per heavy atom. The molecule has 0 aliphatic carbocycles. The van der Waals surface area contributed by atoms with Crippen molar-refractivity contribution in [3.63, 3.8) is 0 Å². The standard InChI is InChI=1S/C16H26N2O/c1-10-7-12(3)14(13(4)8-10)9-15(18-17)16-11(2)5-6-19-16/h7-8,11,15-16,18H,5-6,9,17H2,1-4H3. The second-order valence-electron chi connectivity index (χ2n) is 5.96. The molecule has 1 fully saturated rings. The van der Waals surface area contributed by atoms with Gasteiger partial charge in [-0.25, -0.2) is 0 Å². The molecule has 106 valence electrons. The van der Waals surface area contributed by atoms with E-state index in [1.165, 1.54) is 22.3 Å². The molecule has 0 saturated carbocycles. The number of ether oxygens (including phenoxy) is 1. The number of hydrogen-bond donors (Lipinski definition) is 2. The van der Waals surface area contributed by atoms with E-state index >= 15 is 0 Å². The summed E-state index contributed by atoms with van der Waals surface area (Å²) in [4.78, 5) is 0. The fourth-order valence-electron chi connectivity index (χ4n) is 3.25. The van der Waals surface area contributed by atoms with Crippen molar-refractivity contribution in [3.05, 3.63) is 34.4 Å². The van der Waals surface area contributed by atoms with Gasteiger partial charge in [-0.15, -0.1) is 0 Å². The van der Waals surface area contributed by atoms with Crippen LogP contribution in [0.25, 0.3) is 0 Å². The van der Waals surface area contributed by atoms with Gasteiger partial charge in [0.05, 0.1) is 12.1 Å². The lowest BCUT2D eigenvalue weighted by atomic mass is 9.89. The van der Waals surface area contributed by atoms with Crippen LogP contribution in [-0.2, 0) is 11.2 Å². The van der Waals surface area contributed by atoms with Gasteiger partial charge in [0.2, 0.25) is 0 Å². The van der Waals surface area contributed by atoms with Gasteiger partial charge in [0.15, 0.2) is 0 Å². The minimum atomic E-state index is 0.192. The topological polar surface area (TPSA) is 47.3 Å². The molecule has 1 aliphatic rings. The van der Waals surface area contributed by atoms with E-state index in [9.17, 15) is 0 Å². The number of nitrogens with two attached hydrogens (primary N) is 1. The van der Waals surface area contributed by atoms with E-state index < -0.39 is 0 Å². The highest BCUT2D eigenvalue weighted by molar-refractivity contribution is 5.38. The van der Waals surface area contributed by atoms with Gasteiger partial charge >= 0.3 is 0 Å². The van der Waals surface area contributed by atoms with Crippen molar-refractivity contribution in [3.8, 4) is 0 Å². The predicted octanol–water partition coefficient (Wildman–Crippen LogP) is 2.41. The van der Waals surface area contributed by atoms with Crippen LogP contribution in [0.3, 0.4) is 0 Å². The summed E-state index contributed by atoms with van der Waals surface area (Å²) in [5.41, 5.74) is 8.39. The van der Waals surface area contributed by atoms with E-state index in [2.05, 4.69) is 45.3 Å². The Morgan fingerprint density at radius 2 is 1.95 bits per heavy atom. The van der Waals surface area contributed by atoms with Crippen molar-refractivity contribution >= 4 is 0 Å². The predicted molar refractivity (Wildman–Crippen MR) is 79.0 cm³/mol. The van der Waals surface area contributed by atoms with Gasteiger partial charge in [0, 0.05) is 6.61 Å². The first-order valence-electron chi connectivity index (χ1n) is 7.17. The maximum Gasteiger partial charge on any atom is 0.0771 e. The highest BCUT2D eigenvalue weighted by Crippen LogP contribution is 2.26. The van der Waals surface area contributed by atoms with Gasteiger partial charge in [-0.3, -0.25) is 11.3 Å². The molecule has 1 aliphatic heterocycles. The van der Waals surface area contributed by atoms with Crippen LogP contribution in [-0.4, -0.2) is 18.8 Å². The summed E-state index contributed by atoms with van der Waals surface area (Å²) >= 11 is 0. The molecule has 3 unspecified atom stereocenters. The van der Waals surface area contributed by atoms with Crippen LogP contribution in [0.5, 0.6) is 0 Å². The Bertz CT molecular complexity index is 421. The summed E-state index contributed by atoms with van der Waals surface area (Å²) in [5.74, 6) is 6.34. The van der Waals surface area contributed by atoms with Crippen molar-refractivity contribution in [1.29, 1.82) is 0 Å². The number of aryl methyl sites for hydroxylation is 3. The van der Waals surface area contributed by atoms with Crippen molar-refractivity contribution in [1.82, 2.24) is 5.43 Å². The fraction of sp³-hybridized carbons (Fsp3) is 0.625. The lowest BCUT2D eigenvalue weighted by molar-refractivity contribution is 0.0609. The summed E-state index contributed by atoms with van der Waals surface area (Å²) in [6, 6.07) is 4.68. The van der Waals surface area contributed by atoms with E-state index in [0.29, 0.717) is 5.92 Å². The molecule has 3 nitrogen and oxygen atoms in total. The fourth-order valence-corrected chi connectivity index (χ4v) is 3.25. The minimum absolute atomic E-state index is 0.192. The van der Waals surface area contributed by atoms with Crippen LogP contribution >= 0.6 is 0 Å². The van der Waals surface area contributed by atoms with E-state index in [4.69, 9.17) is 10.6 Å². The second kappa shape index (κ2) is 6.04. The first-order chi connectivity index (χ1) is 9.02. The van der Waals surface area contributed by atoms with E-state index in [-0.39, 0.29) is 12.1 Å². The van der Waals surface area contributed by atoms with Gasteiger partial charge < -0.3 is 4.74 Å². The van der Waals surface area contributed by atoms with Gasteiger partial charge in [0.25, 0.3) is 0 Å². The van der Waals surface area contributed by atoms with E-state index in [1.807, 2.05) is 0 Å². The van der Waals surface area contributed by atoms with Crippen LogP contribution in [0.4, 0.5) is 0 Å². The highest BCUT2D eigenvalue weighted by Gasteiger charge is 2.32. The third-order valence-electron chi connectivity index (χ3n) is 4.32. The lowest BCUT2D eigenvalue weighted by Gasteiger charge is -2.27. The zero-order valence-electron chi connectivity index (χ0n) is 12.5. The normalized spacial score (nSPS) is 24.7. The summed E-state index contributed by atoms with van der Waals surface area (Å²) in [7, 11) is 0. The van der Waals surface area contributed by atoms with Crippen LogP contribution < -0.4 is 11.3 Å². The molecular weight excluding hydrogens is 236 g/mol. The number of benzene rings is 1. The van der Waals surface area contributed by atoms with Crippen molar-refractivity contribution in [2.75, 3.05) is 6.61 Å². The molecule has 2 rings (SSSR count). The Morgan fingerprint density at radius 1 is 1.32 bits per heavy atom. The van der Waals surface area contributed by atoms with E-state index in [1.54, 1.807) is 0 Å². The molecule has 3 atom stereocenters. The second-order valence-corrected chi connectivity index (χ2v) is 5.96. The van der Waals surface area contributed by atoms with Gasteiger partial charge in [0.1, 0.15) is 0 Å². The number of hydrogen-bond acceptors (Lipinski definition) is 3. The number of rotatable bonds is 4. The molecule has 1 heterocycles. The Balaban J connectivity index is 2.19. The van der Waals surface area contributed by atoms with E-state index in [0.717, 1.165) is 19.4 Å². The first kappa shape index (κ1) is 14.5. The van der Waals surface area contributed by atoms with Crippen LogP contribution in [0, 0.1) is 26.7 Å². The quantitative estimate of drug-likeness (QED) is 0.647. The molecule has 0 bridgehead atoms. The summed E-state index contributed by atoms with van der Waals surface area (Å²) in [5, 5.41) is 0. The van der Waals surface area contributed by atoms with Crippen LogP contribution in [0.15, 0.2) is 12.1 Å². The molecule has 1 aromatic carbocycles. The smallest absolute Gasteiger partial charge is 0.0771 e. The maximum atomic E-state index is 5.85. The van der Waals surface area contributed by atoms with Gasteiger partial charge in [-0.05, 0) is 56.2 Å². The SMILES string of the molecule is Cc1cc(C)c(CC(NN)C2OCCC2C)c(C)c1. The molecular formula is C16H26N2O. The molecule has 0 aromatic heterocycles. The molecule has 1 saturated heterocycles. The average molecular weight is 262 g/mol. The Hall–Kier alpha value is -0.900. The number of nitrogens with one attached hydrogen (secondary N) is 1. The maximum absolute atomic E-state index is 5.85. The molecule has 1 aromatic rings. The lowest BCUT2D eigenvalue weighted by Crippen LogP contribution is -2.47. The molecule has 3 N–H and O–H groups in total.